The smallest absolute Gasteiger partial charge is 0.160 e. The van der Waals surface area contributed by atoms with Crippen LogP contribution in [0.5, 0.6) is 11.5 Å². The van der Waals surface area contributed by atoms with E-state index >= 15 is 0 Å². The molecule has 1 aliphatic rings. The number of benzene rings is 1. The number of hydrogen-bond acceptors (Lipinski definition) is 3. The Morgan fingerprint density at radius 1 is 1.15 bits per heavy atom. The Bertz CT molecular complexity index is 489. The molecule has 110 valence electrons. The van der Waals surface area contributed by atoms with Gasteiger partial charge in [-0.2, -0.15) is 0 Å². The van der Waals surface area contributed by atoms with Crippen LogP contribution in [0.25, 0.3) is 0 Å². The van der Waals surface area contributed by atoms with E-state index in [4.69, 9.17) is 9.47 Å². The fourth-order valence-corrected chi connectivity index (χ4v) is 2.83. The molecule has 3 heteroatoms. The van der Waals surface area contributed by atoms with Crippen LogP contribution in [-0.2, 0) is 6.42 Å². The highest BCUT2D eigenvalue weighted by atomic mass is 16.5. The van der Waals surface area contributed by atoms with E-state index in [2.05, 4.69) is 6.08 Å². The monoisotopic (exact) mass is 276 g/mol. The van der Waals surface area contributed by atoms with Crippen molar-refractivity contribution in [3.05, 3.63) is 35.4 Å². The van der Waals surface area contributed by atoms with Gasteiger partial charge in [-0.05, 0) is 55.9 Å². The first-order chi connectivity index (χ1) is 9.56. The fraction of sp³-hybridized carbons (Fsp3) is 0.529. The predicted octanol–water partition coefficient (Wildman–Crippen LogP) is 3.50. The van der Waals surface area contributed by atoms with Crippen LogP contribution in [0.2, 0.25) is 0 Å². The molecule has 0 bridgehead atoms. The second kappa shape index (κ2) is 6.31. The van der Waals surface area contributed by atoms with Gasteiger partial charge in [0, 0.05) is 6.42 Å². The van der Waals surface area contributed by atoms with E-state index in [-0.39, 0.29) is 0 Å². The van der Waals surface area contributed by atoms with Crippen molar-refractivity contribution >= 4 is 0 Å². The molecule has 0 heterocycles. The van der Waals surface area contributed by atoms with Gasteiger partial charge in [0.2, 0.25) is 0 Å². The average Bonchev–Trinajstić information content (AvgIpc) is 2.47. The van der Waals surface area contributed by atoms with Gasteiger partial charge in [-0.3, -0.25) is 0 Å². The van der Waals surface area contributed by atoms with Crippen LogP contribution in [-0.4, -0.2) is 24.9 Å². The third kappa shape index (κ3) is 3.34. The van der Waals surface area contributed by atoms with Crippen molar-refractivity contribution in [3.8, 4) is 11.5 Å². The van der Waals surface area contributed by atoms with Crippen molar-refractivity contribution in [2.24, 2.45) is 0 Å². The number of aliphatic hydroxyl groups is 1. The summed E-state index contributed by atoms with van der Waals surface area (Å²) in [4.78, 5) is 0. The zero-order valence-corrected chi connectivity index (χ0v) is 12.6. The van der Waals surface area contributed by atoms with E-state index < -0.39 is 5.60 Å². The van der Waals surface area contributed by atoms with Gasteiger partial charge in [-0.1, -0.05) is 12.1 Å². The molecular weight excluding hydrogens is 252 g/mol. The van der Waals surface area contributed by atoms with Crippen LogP contribution < -0.4 is 9.47 Å². The summed E-state index contributed by atoms with van der Waals surface area (Å²) < 4.78 is 10.6. The second-order valence-electron chi connectivity index (χ2n) is 5.62. The van der Waals surface area contributed by atoms with E-state index in [1.54, 1.807) is 14.2 Å². The lowest BCUT2D eigenvalue weighted by molar-refractivity contribution is 0.0932. The Labute approximate surface area is 121 Å². The molecule has 1 atom stereocenters. The first kappa shape index (κ1) is 14.9. The van der Waals surface area contributed by atoms with E-state index in [0.717, 1.165) is 18.4 Å². The first-order valence-electron chi connectivity index (χ1n) is 7.19. The van der Waals surface area contributed by atoms with Crippen molar-refractivity contribution < 1.29 is 14.6 Å². The Morgan fingerprint density at radius 2 is 1.90 bits per heavy atom. The number of rotatable bonds is 5. The average molecular weight is 276 g/mol. The van der Waals surface area contributed by atoms with Gasteiger partial charge in [0.05, 0.1) is 19.8 Å². The van der Waals surface area contributed by atoms with Crippen molar-refractivity contribution in [1.82, 2.24) is 0 Å². The van der Waals surface area contributed by atoms with Crippen LogP contribution >= 0.6 is 0 Å². The van der Waals surface area contributed by atoms with Gasteiger partial charge >= 0.3 is 0 Å². The number of ether oxygens (including phenoxy) is 2. The van der Waals surface area contributed by atoms with Crippen molar-refractivity contribution in [2.45, 2.75) is 44.6 Å². The minimum atomic E-state index is -0.778. The largest absolute Gasteiger partial charge is 0.493 e. The van der Waals surface area contributed by atoms with Gasteiger partial charge in [-0.25, -0.2) is 0 Å². The summed E-state index contributed by atoms with van der Waals surface area (Å²) in [5.74, 6) is 1.42. The van der Waals surface area contributed by atoms with Crippen LogP contribution in [0.4, 0.5) is 0 Å². The lowest BCUT2D eigenvalue weighted by Gasteiger charge is -2.29. The third-order valence-electron chi connectivity index (χ3n) is 3.98. The maximum absolute atomic E-state index is 10.7. The van der Waals surface area contributed by atoms with Gasteiger partial charge in [0.25, 0.3) is 0 Å². The van der Waals surface area contributed by atoms with Crippen LogP contribution in [0.15, 0.2) is 29.8 Å². The molecule has 20 heavy (non-hydrogen) atoms. The summed E-state index contributed by atoms with van der Waals surface area (Å²) in [6.45, 7) is 1.90. The molecule has 0 aromatic heterocycles. The van der Waals surface area contributed by atoms with Gasteiger partial charge in [0.1, 0.15) is 0 Å². The summed E-state index contributed by atoms with van der Waals surface area (Å²) in [7, 11) is 3.25. The summed E-state index contributed by atoms with van der Waals surface area (Å²) in [6.07, 6.45) is 7.28. The zero-order chi connectivity index (χ0) is 14.6. The number of allylic oxidation sites excluding steroid dienone is 1. The van der Waals surface area contributed by atoms with Gasteiger partial charge in [0.15, 0.2) is 11.5 Å². The maximum atomic E-state index is 10.7. The predicted molar refractivity (Wildman–Crippen MR) is 80.4 cm³/mol. The molecular formula is C17H24O3. The van der Waals surface area contributed by atoms with Gasteiger partial charge < -0.3 is 14.6 Å². The number of methoxy groups -OCH3 is 2. The topological polar surface area (TPSA) is 38.7 Å². The normalized spacial score (nSPS) is 18.1. The van der Waals surface area contributed by atoms with E-state index in [1.807, 2.05) is 25.1 Å². The summed E-state index contributed by atoms with van der Waals surface area (Å²) in [5, 5.41) is 10.7. The quantitative estimate of drug-likeness (QED) is 0.837. The minimum Gasteiger partial charge on any atom is -0.493 e. The highest BCUT2D eigenvalue weighted by molar-refractivity contribution is 5.43. The minimum absolute atomic E-state index is 0.596. The van der Waals surface area contributed by atoms with Crippen molar-refractivity contribution in [3.63, 3.8) is 0 Å². The molecule has 1 unspecified atom stereocenters. The van der Waals surface area contributed by atoms with Crippen molar-refractivity contribution in [2.75, 3.05) is 14.2 Å². The summed E-state index contributed by atoms with van der Waals surface area (Å²) >= 11 is 0. The molecule has 0 saturated heterocycles. The molecule has 2 rings (SSSR count). The lowest BCUT2D eigenvalue weighted by atomic mass is 9.83. The molecule has 3 nitrogen and oxygen atoms in total. The Balaban J connectivity index is 2.18. The highest BCUT2D eigenvalue weighted by Gasteiger charge is 2.27. The van der Waals surface area contributed by atoms with E-state index in [1.165, 1.54) is 18.4 Å². The molecule has 1 aliphatic carbocycles. The SMILES string of the molecule is COc1ccc(CC(C)(O)C2=CCCCC2)cc1OC. The third-order valence-corrected chi connectivity index (χ3v) is 3.98. The first-order valence-corrected chi connectivity index (χ1v) is 7.19. The van der Waals surface area contributed by atoms with E-state index in [9.17, 15) is 5.11 Å². The zero-order valence-electron chi connectivity index (χ0n) is 12.6. The molecule has 1 N–H and O–H groups in total. The Morgan fingerprint density at radius 3 is 2.50 bits per heavy atom. The van der Waals surface area contributed by atoms with Crippen LogP contribution in [0, 0.1) is 0 Å². The highest BCUT2D eigenvalue weighted by Crippen LogP contribution is 2.33. The second-order valence-corrected chi connectivity index (χ2v) is 5.62. The Kier molecular flexibility index (Phi) is 4.71. The molecule has 1 aromatic rings. The molecule has 0 spiro atoms. The van der Waals surface area contributed by atoms with Crippen LogP contribution in [0.1, 0.15) is 38.2 Å². The molecule has 0 radical (unpaired) electrons. The van der Waals surface area contributed by atoms with Crippen LogP contribution in [0.3, 0.4) is 0 Å². The molecule has 1 aromatic carbocycles. The summed E-state index contributed by atoms with van der Waals surface area (Å²) in [6, 6.07) is 5.81. The Hall–Kier alpha value is -1.48. The summed E-state index contributed by atoms with van der Waals surface area (Å²) in [5.41, 5.74) is 1.44. The molecule has 0 fully saturated rings. The molecule has 0 amide bonds. The standard InChI is InChI=1S/C17H24O3/c1-17(18,14-7-5-4-6-8-14)12-13-9-10-15(19-2)16(11-13)20-3/h7,9-11,18H,4-6,8,12H2,1-3H3. The number of hydrogen-bond donors (Lipinski definition) is 1. The molecule has 0 saturated carbocycles. The lowest BCUT2D eigenvalue weighted by Crippen LogP contribution is -2.30. The van der Waals surface area contributed by atoms with E-state index in [0.29, 0.717) is 17.9 Å². The van der Waals surface area contributed by atoms with Crippen molar-refractivity contribution in [1.29, 1.82) is 0 Å². The van der Waals surface area contributed by atoms with Gasteiger partial charge in [-0.15, -0.1) is 0 Å². The fourth-order valence-electron chi connectivity index (χ4n) is 2.83. The molecule has 0 aliphatic heterocycles. The maximum Gasteiger partial charge on any atom is 0.160 e.